The lowest BCUT2D eigenvalue weighted by molar-refractivity contribution is 0.189. The Morgan fingerprint density at radius 3 is 2.71 bits per heavy atom. The predicted molar refractivity (Wildman–Crippen MR) is 61.5 cm³/mol. The van der Waals surface area contributed by atoms with Crippen LogP contribution in [0.3, 0.4) is 0 Å². The summed E-state index contributed by atoms with van der Waals surface area (Å²) in [5.74, 6) is 1.65. The van der Waals surface area contributed by atoms with Gasteiger partial charge in [-0.05, 0) is 42.4 Å². The maximum atomic E-state index is 5.09. The van der Waals surface area contributed by atoms with E-state index in [1.54, 1.807) is 7.11 Å². The Balaban J connectivity index is 1.89. The normalized spacial score (nSPS) is 25.0. The first-order valence-electron chi connectivity index (χ1n) is 5.05. The monoisotopic (exact) mass is 254 g/mol. The summed E-state index contributed by atoms with van der Waals surface area (Å²) in [7, 11) is 1.77. The van der Waals surface area contributed by atoms with E-state index in [1.165, 1.54) is 18.4 Å². The van der Waals surface area contributed by atoms with Gasteiger partial charge in [-0.15, -0.1) is 0 Å². The lowest BCUT2D eigenvalue weighted by Gasteiger charge is -2.00. The number of methoxy groups -OCH3 is 1. The fraction of sp³-hybridized carbons (Fsp3) is 0.500. The molecular formula is C12H15BrO. The van der Waals surface area contributed by atoms with E-state index >= 15 is 0 Å². The van der Waals surface area contributed by atoms with Crippen LogP contribution in [0.15, 0.2) is 28.7 Å². The second-order valence-corrected chi connectivity index (χ2v) is 4.85. The fourth-order valence-corrected chi connectivity index (χ4v) is 2.22. The first-order valence-corrected chi connectivity index (χ1v) is 5.85. The predicted octanol–water partition coefficient (Wildman–Crippen LogP) is 3.59. The maximum Gasteiger partial charge on any atom is 0.0465 e. The van der Waals surface area contributed by atoms with E-state index in [9.17, 15) is 0 Å². The molecule has 0 bridgehead atoms. The van der Waals surface area contributed by atoms with Gasteiger partial charge in [-0.25, -0.2) is 0 Å². The third-order valence-electron chi connectivity index (χ3n) is 2.91. The van der Waals surface area contributed by atoms with Crippen LogP contribution in [0.5, 0.6) is 0 Å². The van der Waals surface area contributed by atoms with Crippen LogP contribution in [0.1, 0.15) is 24.3 Å². The molecule has 0 radical (unpaired) electrons. The first kappa shape index (κ1) is 10.2. The van der Waals surface area contributed by atoms with Crippen molar-refractivity contribution in [2.75, 3.05) is 13.7 Å². The molecule has 1 aromatic carbocycles. The molecule has 0 spiro atoms. The standard InChI is InChI=1S/C12H15BrO/c1-14-7-6-10-8-12(10)9-2-4-11(13)5-3-9/h2-5,10,12H,6-8H2,1H3/t10-,12+/m0/s1. The van der Waals surface area contributed by atoms with Crippen molar-refractivity contribution in [2.24, 2.45) is 5.92 Å². The summed E-state index contributed by atoms with van der Waals surface area (Å²) < 4.78 is 6.25. The number of benzene rings is 1. The molecular weight excluding hydrogens is 240 g/mol. The highest BCUT2D eigenvalue weighted by Gasteiger charge is 2.37. The average molecular weight is 255 g/mol. The molecule has 0 saturated heterocycles. The van der Waals surface area contributed by atoms with Crippen molar-refractivity contribution in [2.45, 2.75) is 18.8 Å². The van der Waals surface area contributed by atoms with Crippen LogP contribution in [0.2, 0.25) is 0 Å². The van der Waals surface area contributed by atoms with Gasteiger partial charge in [0.15, 0.2) is 0 Å². The molecule has 0 unspecified atom stereocenters. The Morgan fingerprint density at radius 2 is 2.07 bits per heavy atom. The molecule has 2 heteroatoms. The molecule has 0 aliphatic heterocycles. The van der Waals surface area contributed by atoms with Crippen LogP contribution < -0.4 is 0 Å². The summed E-state index contributed by atoms with van der Waals surface area (Å²) in [6.07, 6.45) is 2.54. The van der Waals surface area contributed by atoms with E-state index in [4.69, 9.17) is 4.74 Å². The maximum absolute atomic E-state index is 5.09. The Labute approximate surface area is 93.6 Å². The molecule has 1 nitrogen and oxygen atoms in total. The molecule has 2 atom stereocenters. The number of hydrogen-bond donors (Lipinski definition) is 0. The van der Waals surface area contributed by atoms with Gasteiger partial charge in [0.05, 0.1) is 0 Å². The molecule has 0 amide bonds. The summed E-state index contributed by atoms with van der Waals surface area (Å²) in [4.78, 5) is 0. The van der Waals surface area contributed by atoms with E-state index in [1.807, 2.05) is 0 Å². The third kappa shape index (κ3) is 2.37. The molecule has 1 saturated carbocycles. The fourth-order valence-electron chi connectivity index (χ4n) is 1.95. The van der Waals surface area contributed by atoms with Crippen molar-refractivity contribution >= 4 is 15.9 Å². The molecule has 1 fully saturated rings. The van der Waals surface area contributed by atoms with E-state index in [-0.39, 0.29) is 0 Å². The van der Waals surface area contributed by atoms with Crippen molar-refractivity contribution in [1.29, 1.82) is 0 Å². The second-order valence-electron chi connectivity index (χ2n) is 3.94. The van der Waals surface area contributed by atoms with Crippen molar-refractivity contribution in [3.8, 4) is 0 Å². The van der Waals surface area contributed by atoms with Crippen molar-refractivity contribution in [3.63, 3.8) is 0 Å². The first-order chi connectivity index (χ1) is 6.81. The van der Waals surface area contributed by atoms with Gasteiger partial charge < -0.3 is 4.74 Å². The summed E-state index contributed by atoms with van der Waals surface area (Å²) in [5.41, 5.74) is 1.48. The van der Waals surface area contributed by atoms with Crippen LogP contribution >= 0.6 is 15.9 Å². The highest BCUT2D eigenvalue weighted by atomic mass is 79.9. The summed E-state index contributed by atoms with van der Waals surface area (Å²) >= 11 is 3.45. The van der Waals surface area contributed by atoms with Gasteiger partial charge in [-0.3, -0.25) is 0 Å². The van der Waals surface area contributed by atoms with Gasteiger partial charge in [-0.2, -0.15) is 0 Å². The minimum atomic E-state index is 0.790. The molecule has 0 N–H and O–H groups in total. The molecule has 1 aromatic rings. The highest BCUT2D eigenvalue weighted by Crippen LogP contribution is 2.49. The average Bonchev–Trinajstić information content (AvgIpc) is 2.95. The van der Waals surface area contributed by atoms with Gasteiger partial charge in [0.25, 0.3) is 0 Å². The number of hydrogen-bond acceptors (Lipinski definition) is 1. The smallest absolute Gasteiger partial charge is 0.0465 e. The highest BCUT2D eigenvalue weighted by molar-refractivity contribution is 9.10. The van der Waals surface area contributed by atoms with Crippen molar-refractivity contribution in [3.05, 3.63) is 34.3 Å². The zero-order valence-electron chi connectivity index (χ0n) is 8.37. The van der Waals surface area contributed by atoms with Crippen LogP contribution in [0.4, 0.5) is 0 Å². The molecule has 14 heavy (non-hydrogen) atoms. The van der Waals surface area contributed by atoms with Crippen molar-refractivity contribution < 1.29 is 4.74 Å². The minimum Gasteiger partial charge on any atom is -0.385 e. The van der Waals surface area contributed by atoms with Crippen LogP contribution in [0.25, 0.3) is 0 Å². The minimum absolute atomic E-state index is 0.790. The summed E-state index contributed by atoms with van der Waals surface area (Å²) in [5, 5.41) is 0. The summed E-state index contributed by atoms with van der Waals surface area (Å²) in [6.45, 7) is 0.900. The Kier molecular flexibility index (Phi) is 3.24. The topological polar surface area (TPSA) is 9.23 Å². The summed E-state index contributed by atoms with van der Waals surface area (Å²) in [6, 6.07) is 8.70. The lowest BCUT2D eigenvalue weighted by Crippen LogP contribution is -1.91. The molecule has 2 rings (SSSR count). The quantitative estimate of drug-likeness (QED) is 0.798. The number of rotatable bonds is 4. The largest absolute Gasteiger partial charge is 0.385 e. The van der Waals surface area contributed by atoms with Crippen molar-refractivity contribution in [1.82, 2.24) is 0 Å². The van der Waals surface area contributed by atoms with E-state index in [0.717, 1.165) is 22.9 Å². The van der Waals surface area contributed by atoms with Gasteiger partial charge in [0.2, 0.25) is 0 Å². The molecule has 76 valence electrons. The Hall–Kier alpha value is -0.340. The molecule has 0 aromatic heterocycles. The third-order valence-corrected chi connectivity index (χ3v) is 3.44. The van der Waals surface area contributed by atoms with Gasteiger partial charge in [-0.1, -0.05) is 28.1 Å². The van der Waals surface area contributed by atoms with Gasteiger partial charge in [0.1, 0.15) is 0 Å². The van der Waals surface area contributed by atoms with Crippen LogP contribution in [-0.4, -0.2) is 13.7 Å². The van der Waals surface area contributed by atoms with Crippen LogP contribution in [-0.2, 0) is 4.74 Å². The number of ether oxygens (including phenoxy) is 1. The zero-order chi connectivity index (χ0) is 9.97. The Bertz CT molecular complexity index is 294. The number of halogens is 1. The van der Waals surface area contributed by atoms with E-state index in [2.05, 4.69) is 40.2 Å². The van der Waals surface area contributed by atoms with Gasteiger partial charge >= 0.3 is 0 Å². The molecule has 0 heterocycles. The second kappa shape index (κ2) is 4.45. The zero-order valence-corrected chi connectivity index (χ0v) is 9.96. The molecule has 1 aliphatic carbocycles. The molecule has 1 aliphatic rings. The van der Waals surface area contributed by atoms with E-state index < -0.39 is 0 Å². The van der Waals surface area contributed by atoms with Gasteiger partial charge in [0, 0.05) is 18.2 Å². The van der Waals surface area contributed by atoms with E-state index in [0.29, 0.717) is 0 Å². The lowest BCUT2D eigenvalue weighted by atomic mass is 10.1. The SMILES string of the molecule is COCC[C@H]1C[C@@H]1c1ccc(Br)cc1. The van der Waals surface area contributed by atoms with Crippen LogP contribution in [0, 0.1) is 5.92 Å². The Morgan fingerprint density at radius 1 is 1.36 bits per heavy atom.